The number of anilines is 3. The molecule has 0 bridgehead atoms. The predicted molar refractivity (Wildman–Crippen MR) is 97.0 cm³/mol. The monoisotopic (exact) mass is 359 g/mol. The van der Waals surface area contributed by atoms with Gasteiger partial charge in [0, 0.05) is 23.5 Å². The van der Waals surface area contributed by atoms with Crippen LogP contribution >= 0.6 is 0 Å². The molecular weight excluding hydrogens is 346 g/mol. The zero-order valence-corrected chi connectivity index (χ0v) is 14.0. The number of carbonyl (C=O) groups is 1. The average molecular weight is 359 g/mol. The van der Waals surface area contributed by atoms with E-state index in [9.17, 15) is 4.79 Å². The van der Waals surface area contributed by atoms with Gasteiger partial charge in [-0.25, -0.2) is 9.97 Å². The van der Waals surface area contributed by atoms with Gasteiger partial charge in [0.2, 0.25) is 6.79 Å². The first-order chi connectivity index (χ1) is 13.2. The van der Waals surface area contributed by atoms with Crippen molar-refractivity contribution in [2.75, 3.05) is 17.4 Å². The molecule has 0 saturated carbocycles. The Kier molecular flexibility index (Phi) is 4.25. The summed E-state index contributed by atoms with van der Waals surface area (Å²) in [5.41, 5.74) is 2.04. The van der Waals surface area contributed by atoms with E-state index >= 15 is 0 Å². The molecule has 0 spiro atoms. The second kappa shape index (κ2) is 7.01. The molecule has 27 heavy (non-hydrogen) atoms. The first-order valence-electron chi connectivity index (χ1n) is 8.01. The van der Waals surface area contributed by atoms with Gasteiger partial charge >= 0.3 is 0 Å². The van der Waals surface area contributed by atoms with Crippen molar-refractivity contribution in [3.63, 3.8) is 0 Å². The smallest absolute Gasteiger partial charge is 0.274 e. The standard InChI is InChI=1S/C19H13N5O3/c20-9-12-1-3-13(4-2-12)24-19(25)15-8-18(22-10-21-15)23-14-5-6-16-17(7-14)27-11-26-16/h1-8,10H,11H2,(H,24,25)(H,21,22,23). The third kappa shape index (κ3) is 3.62. The molecule has 2 N–H and O–H groups in total. The lowest BCUT2D eigenvalue weighted by Gasteiger charge is -2.08. The Morgan fingerprint density at radius 1 is 1.00 bits per heavy atom. The van der Waals surface area contributed by atoms with E-state index in [1.807, 2.05) is 12.1 Å². The molecule has 0 unspecified atom stereocenters. The van der Waals surface area contributed by atoms with Gasteiger partial charge < -0.3 is 20.1 Å². The molecule has 1 aromatic heterocycles. The fourth-order valence-electron chi connectivity index (χ4n) is 2.50. The summed E-state index contributed by atoms with van der Waals surface area (Å²) in [6, 6.07) is 15.6. The predicted octanol–water partition coefficient (Wildman–Crippen LogP) is 3.07. The highest BCUT2D eigenvalue weighted by Crippen LogP contribution is 2.34. The summed E-state index contributed by atoms with van der Waals surface area (Å²) in [6.45, 7) is 0.200. The van der Waals surface area contributed by atoms with E-state index in [1.54, 1.807) is 42.5 Å². The maximum absolute atomic E-state index is 12.4. The summed E-state index contributed by atoms with van der Waals surface area (Å²) in [4.78, 5) is 20.5. The van der Waals surface area contributed by atoms with E-state index in [-0.39, 0.29) is 18.4 Å². The maximum Gasteiger partial charge on any atom is 0.274 e. The molecule has 0 aliphatic carbocycles. The number of ether oxygens (including phenoxy) is 2. The summed E-state index contributed by atoms with van der Waals surface area (Å²) < 4.78 is 10.6. The Hall–Kier alpha value is -4.12. The minimum absolute atomic E-state index is 0.200. The van der Waals surface area contributed by atoms with Crippen molar-refractivity contribution in [1.29, 1.82) is 5.26 Å². The Balaban J connectivity index is 1.48. The summed E-state index contributed by atoms with van der Waals surface area (Å²) in [7, 11) is 0. The Labute approximate surface area is 154 Å². The van der Waals surface area contributed by atoms with Gasteiger partial charge in [0.25, 0.3) is 5.91 Å². The highest BCUT2D eigenvalue weighted by Gasteiger charge is 2.14. The van der Waals surface area contributed by atoms with Crippen molar-refractivity contribution in [2.45, 2.75) is 0 Å². The van der Waals surface area contributed by atoms with Gasteiger partial charge in [0.05, 0.1) is 11.6 Å². The van der Waals surface area contributed by atoms with E-state index in [4.69, 9.17) is 14.7 Å². The van der Waals surface area contributed by atoms with Crippen molar-refractivity contribution < 1.29 is 14.3 Å². The van der Waals surface area contributed by atoms with Gasteiger partial charge in [-0.3, -0.25) is 4.79 Å². The minimum atomic E-state index is -0.379. The molecule has 0 fully saturated rings. The average Bonchev–Trinajstić information content (AvgIpc) is 3.16. The fourth-order valence-corrected chi connectivity index (χ4v) is 2.50. The topological polar surface area (TPSA) is 109 Å². The zero-order chi connectivity index (χ0) is 18.6. The first kappa shape index (κ1) is 16.4. The first-order valence-corrected chi connectivity index (χ1v) is 8.01. The molecule has 2 aromatic carbocycles. The molecule has 1 aliphatic rings. The van der Waals surface area contributed by atoms with Gasteiger partial charge in [0.1, 0.15) is 17.8 Å². The van der Waals surface area contributed by atoms with Crippen molar-refractivity contribution in [2.24, 2.45) is 0 Å². The van der Waals surface area contributed by atoms with Crippen LogP contribution in [0, 0.1) is 11.3 Å². The lowest BCUT2D eigenvalue weighted by atomic mass is 10.2. The van der Waals surface area contributed by atoms with E-state index in [2.05, 4.69) is 20.6 Å². The Bertz CT molecular complexity index is 1040. The fraction of sp³-hybridized carbons (Fsp3) is 0.0526. The van der Waals surface area contributed by atoms with Crippen LogP contribution in [0.4, 0.5) is 17.2 Å². The number of nitrogens with zero attached hydrogens (tertiary/aromatic N) is 3. The quantitative estimate of drug-likeness (QED) is 0.737. The van der Waals surface area contributed by atoms with Crippen LogP contribution in [0.25, 0.3) is 0 Å². The summed E-state index contributed by atoms with van der Waals surface area (Å²) in [5, 5.41) is 14.7. The van der Waals surface area contributed by atoms with Crippen LogP contribution in [0.1, 0.15) is 16.1 Å². The van der Waals surface area contributed by atoms with Crippen molar-refractivity contribution >= 4 is 23.1 Å². The van der Waals surface area contributed by atoms with E-state index in [1.165, 1.54) is 6.33 Å². The van der Waals surface area contributed by atoms with Gasteiger partial charge in [-0.2, -0.15) is 5.26 Å². The molecule has 4 rings (SSSR count). The minimum Gasteiger partial charge on any atom is -0.454 e. The zero-order valence-electron chi connectivity index (χ0n) is 14.0. The largest absolute Gasteiger partial charge is 0.454 e. The van der Waals surface area contributed by atoms with Crippen LogP contribution in [0.15, 0.2) is 54.9 Å². The third-order valence-electron chi connectivity index (χ3n) is 3.82. The third-order valence-corrected chi connectivity index (χ3v) is 3.82. The van der Waals surface area contributed by atoms with Crippen molar-refractivity contribution in [1.82, 2.24) is 9.97 Å². The SMILES string of the molecule is N#Cc1ccc(NC(=O)c2cc(Nc3ccc4c(c3)OCO4)ncn2)cc1. The normalized spacial score (nSPS) is 11.5. The lowest BCUT2D eigenvalue weighted by Crippen LogP contribution is -2.14. The number of nitrogens with one attached hydrogen (secondary N) is 2. The molecule has 8 heteroatoms. The summed E-state index contributed by atoms with van der Waals surface area (Å²) in [5.74, 6) is 1.42. The van der Waals surface area contributed by atoms with Crippen LogP contribution in [0.2, 0.25) is 0 Å². The highest BCUT2D eigenvalue weighted by molar-refractivity contribution is 6.03. The van der Waals surface area contributed by atoms with Gasteiger partial charge in [0.15, 0.2) is 11.5 Å². The van der Waals surface area contributed by atoms with Gasteiger partial charge in [-0.1, -0.05) is 0 Å². The number of aromatic nitrogens is 2. The lowest BCUT2D eigenvalue weighted by molar-refractivity contribution is 0.102. The number of amides is 1. The number of fused-ring (bicyclic) bond motifs is 1. The van der Waals surface area contributed by atoms with Crippen molar-refractivity contribution in [3.05, 3.63) is 66.1 Å². The Morgan fingerprint density at radius 2 is 1.78 bits per heavy atom. The molecular formula is C19H13N5O3. The number of nitriles is 1. The molecule has 0 saturated heterocycles. The molecule has 0 atom stereocenters. The number of carbonyl (C=O) groups excluding carboxylic acids is 1. The summed E-state index contributed by atoms with van der Waals surface area (Å²) in [6.07, 6.45) is 1.31. The van der Waals surface area contributed by atoms with Gasteiger partial charge in [-0.15, -0.1) is 0 Å². The molecule has 1 amide bonds. The van der Waals surface area contributed by atoms with Gasteiger partial charge in [-0.05, 0) is 36.4 Å². The van der Waals surface area contributed by atoms with Crippen molar-refractivity contribution in [3.8, 4) is 17.6 Å². The molecule has 2 heterocycles. The number of rotatable bonds is 4. The van der Waals surface area contributed by atoms with Crippen LogP contribution in [-0.2, 0) is 0 Å². The number of hydrogen-bond donors (Lipinski definition) is 2. The van der Waals surface area contributed by atoms with E-state index in [0.29, 0.717) is 28.6 Å². The molecule has 1 aliphatic heterocycles. The van der Waals surface area contributed by atoms with E-state index in [0.717, 1.165) is 5.69 Å². The molecule has 132 valence electrons. The second-order valence-corrected chi connectivity index (χ2v) is 5.62. The molecule has 8 nitrogen and oxygen atoms in total. The number of benzene rings is 2. The maximum atomic E-state index is 12.4. The molecule has 3 aromatic rings. The van der Waals surface area contributed by atoms with Crippen LogP contribution < -0.4 is 20.1 Å². The number of hydrogen-bond acceptors (Lipinski definition) is 7. The summed E-state index contributed by atoms with van der Waals surface area (Å²) >= 11 is 0. The second-order valence-electron chi connectivity index (χ2n) is 5.62. The van der Waals surface area contributed by atoms with Crippen LogP contribution in [0.5, 0.6) is 11.5 Å². The molecule has 0 radical (unpaired) electrons. The highest BCUT2D eigenvalue weighted by atomic mass is 16.7. The van der Waals surface area contributed by atoms with E-state index < -0.39 is 0 Å². The van der Waals surface area contributed by atoms with Crippen LogP contribution in [0.3, 0.4) is 0 Å². The Morgan fingerprint density at radius 3 is 2.59 bits per heavy atom. The van der Waals surface area contributed by atoms with Crippen LogP contribution in [-0.4, -0.2) is 22.7 Å².